The van der Waals surface area contributed by atoms with Crippen LogP contribution in [0.4, 0.5) is 11.4 Å². The van der Waals surface area contributed by atoms with Gasteiger partial charge in [0.15, 0.2) is 0 Å². The number of allylic oxidation sites excluding steroid dienone is 5. The first-order valence-corrected chi connectivity index (χ1v) is 13.1. The molecule has 1 aliphatic rings. The summed E-state index contributed by atoms with van der Waals surface area (Å²) in [6.45, 7) is 6.03. The molecule has 0 saturated heterocycles. The number of aromatic hydroxyl groups is 1. The summed E-state index contributed by atoms with van der Waals surface area (Å²) in [5.74, 6) is -0.757. The summed E-state index contributed by atoms with van der Waals surface area (Å²) < 4.78 is 0. The molecule has 0 aliphatic heterocycles. The number of anilines is 2. The highest BCUT2D eigenvalue weighted by Crippen LogP contribution is 2.36. The third kappa shape index (κ3) is 6.33. The van der Waals surface area contributed by atoms with Crippen molar-refractivity contribution in [2.75, 3.05) is 10.3 Å². The topological polar surface area (TPSA) is 102 Å². The van der Waals surface area contributed by atoms with Gasteiger partial charge in [-0.15, -0.1) is 0 Å². The minimum absolute atomic E-state index is 0.0701. The number of amides is 1. The number of carboxylic acid groups (broad SMARTS) is 1. The Morgan fingerprint density at radius 3 is 2.50 bits per heavy atom. The van der Waals surface area contributed by atoms with E-state index in [2.05, 4.69) is 24.4 Å². The number of hydrazone groups is 1. The summed E-state index contributed by atoms with van der Waals surface area (Å²) >= 11 is 6.41. The Hall–Kier alpha value is -4.62. The number of phenols is 1. The van der Waals surface area contributed by atoms with Crippen molar-refractivity contribution in [1.82, 2.24) is 0 Å². The second-order valence-corrected chi connectivity index (χ2v) is 10.1. The van der Waals surface area contributed by atoms with Gasteiger partial charge in [-0.05, 0) is 72.9 Å². The van der Waals surface area contributed by atoms with Crippen molar-refractivity contribution in [2.24, 2.45) is 5.10 Å². The zero-order valence-electron chi connectivity index (χ0n) is 22.4. The second-order valence-electron chi connectivity index (χ2n) is 9.62. The highest BCUT2D eigenvalue weighted by Gasteiger charge is 2.19. The third-order valence-corrected chi connectivity index (χ3v) is 6.86. The molecule has 0 bridgehead atoms. The van der Waals surface area contributed by atoms with E-state index in [9.17, 15) is 19.8 Å². The summed E-state index contributed by atoms with van der Waals surface area (Å²) in [6.07, 6.45) is 6.64. The largest absolute Gasteiger partial charge is 0.505 e. The van der Waals surface area contributed by atoms with E-state index in [-0.39, 0.29) is 11.3 Å². The Balaban J connectivity index is 1.70. The van der Waals surface area contributed by atoms with Crippen LogP contribution < -0.4 is 10.3 Å². The highest BCUT2D eigenvalue weighted by atomic mass is 35.5. The van der Waals surface area contributed by atoms with E-state index in [4.69, 9.17) is 11.6 Å². The maximum Gasteiger partial charge on any atom is 0.335 e. The van der Waals surface area contributed by atoms with Crippen LogP contribution in [0.25, 0.3) is 11.1 Å². The van der Waals surface area contributed by atoms with Gasteiger partial charge in [-0.25, -0.2) is 4.79 Å². The van der Waals surface area contributed by atoms with E-state index in [0.717, 1.165) is 12.0 Å². The van der Waals surface area contributed by atoms with Crippen LogP contribution >= 0.6 is 11.6 Å². The number of halogens is 1. The number of hydrogen-bond donors (Lipinski definition) is 3. The maximum atomic E-state index is 12.3. The lowest BCUT2D eigenvalue weighted by Crippen LogP contribution is -2.23. The molecule has 0 fully saturated rings. The lowest BCUT2D eigenvalue weighted by molar-refractivity contribution is -0.107. The number of carboxylic acids is 1. The van der Waals surface area contributed by atoms with Gasteiger partial charge in [-0.2, -0.15) is 5.10 Å². The predicted octanol–water partition coefficient (Wildman–Crippen LogP) is 7.67. The first-order valence-electron chi connectivity index (χ1n) is 12.8. The van der Waals surface area contributed by atoms with E-state index in [1.165, 1.54) is 17.7 Å². The molecule has 0 saturated carbocycles. The molecule has 0 atom stereocenters. The Morgan fingerprint density at radius 2 is 1.82 bits per heavy atom. The quantitative estimate of drug-likeness (QED) is 0.109. The van der Waals surface area contributed by atoms with Crippen molar-refractivity contribution in [3.63, 3.8) is 0 Å². The molecule has 0 radical (unpaired) electrons. The molecule has 0 spiro atoms. The van der Waals surface area contributed by atoms with Gasteiger partial charge in [-0.3, -0.25) is 15.1 Å². The van der Waals surface area contributed by atoms with Gasteiger partial charge in [0.25, 0.3) is 0 Å². The number of carbonyl (C=O) groups is 2. The van der Waals surface area contributed by atoms with E-state index in [1.807, 2.05) is 37.3 Å². The molecule has 3 aromatic rings. The van der Waals surface area contributed by atoms with Gasteiger partial charge < -0.3 is 10.2 Å². The van der Waals surface area contributed by atoms with E-state index < -0.39 is 5.97 Å². The van der Waals surface area contributed by atoms with E-state index in [0.29, 0.717) is 51.3 Å². The smallest absolute Gasteiger partial charge is 0.335 e. The number of benzene rings is 3. The molecule has 0 unspecified atom stereocenters. The van der Waals surface area contributed by atoms with Gasteiger partial charge in [0.1, 0.15) is 5.75 Å². The first-order chi connectivity index (χ1) is 19.2. The van der Waals surface area contributed by atoms with Crippen LogP contribution in [-0.2, 0) is 4.79 Å². The average molecular weight is 556 g/mol. The fraction of sp³-hybridized carbons (Fsp3) is 0.156. The second kappa shape index (κ2) is 12.5. The van der Waals surface area contributed by atoms with Gasteiger partial charge >= 0.3 is 5.97 Å². The van der Waals surface area contributed by atoms with Crippen LogP contribution in [0.1, 0.15) is 49.0 Å². The molecule has 1 amide bonds. The molecule has 4 rings (SSSR count). The van der Waals surface area contributed by atoms with E-state index in [1.54, 1.807) is 47.4 Å². The summed E-state index contributed by atoms with van der Waals surface area (Å²) in [5.41, 5.74) is 8.23. The molecule has 40 heavy (non-hydrogen) atoms. The summed E-state index contributed by atoms with van der Waals surface area (Å²) in [7, 11) is 0. The number of phenolic OH excluding ortho intramolecular Hbond substituents is 1. The lowest BCUT2D eigenvalue weighted by atomic mass is 10.0. The van der Waals surface area contributed by atoms with Crippen molar-refractivity contribution in [3.8, 4) is 16.9 Å². The monoisotopic (exact) mass is 555 g/mol. The van der Waals surface area contributed by atoms with Gasteiger partial charge in [-0.1, -0.05) is 67.9 Å². The van der Waals surface area contributed by atoms with Crippen LogP contribution in [0, 0.1) is 0 Å². The van der Waals surface area contributed by atoms with Crippen molar-refractivity contribution >= 4 is 41.1 Å². The van der Waals surface area contributed by atoms with Crippen LogP contribution in [0.15, 0.2) is 106 Å². The normalized spacial score (nSPS) is 13.6. The molecule has 7 nitrogen and oxygen atoms in total. The zero-order valence-corrected chi connectivity index (χ0v) is 23.2. The molecule has 1 aliphatic carbocycles. The molecular weight excluding hydrogens is 526 g/mol. The summed E-state index contributed by atoms with van der Waals surface area (Å²) in [5, 5.41) is 25.3. The predicted molar refractivity (Wildman–Crippen MR) is 161 cm³/mol. The minimum Gasteiger partial charge on any atom is -0.505 e. The number of aromatic carboxylic acids is 1. The highest BCUT2D eigenvalue weighted by molar-refractivity contribution is 6.31. The molecule has 0 heterocycles. The standard InChI is InChI=1S/C32H30ClN3O4/c1-20(2)22-13-15-26(16-14-22)36(19-37)30-18-25(33)9-5-10-27(30)21(3)34-35-29-12-6-11-28(31(29)38)23-7-4-8-24(17-23)32(39)40/h4-9,11-20,35,38H,10H2,1-3H3,(H,39,40)/b34-21+. The van der Waals surface area contributed by atoms with Crippen LogP contribution in [-0.4, -0.2) is 28.3 Å². The van der Waals surface area contributed by atoms with Crippen LogP contribution in [0.5, 0.6) is 5.75 Å². The zero-order chi connectivity index (χ0) is 28.8. The Kier molecular flexibility index (Phi) is 8.86. The summed E-state index contributed by atoms with van der Waals surface area (Å²) in [4.78, 5) is 25.3. The van der Waals surface area contributed by atoms with Gasteiger partial charge in [0.05, 0.1) is 22.7 Å². The van der Waals surface area contributed by atoms with Gasteiger partial charge in [0, 0.05) is 21.9 Å². The molecule has 3 N–H and O–H groups in total. The van der Waals surface area contributed by atoms with Crippen molar-refractivity contribution in [3.05, 3.63) is 112 Å². The Bertz CT molecular complexity index is 1550. The minimum atomic E-state index is -1.05. The molecular formula is C32H30ClN3O4. The van der Waals surface area contributed by atoms with Crippen molar-refractivity contribution in [2.45, 2.75) is 33.1 Å². The van der Waals surface area contributed by atoms with Crippen molar-refractivity contribution < 1.29 is 19.8 Å². The van der Waals surface area contributed by atoms with E-state index >= 15 is 0 Å². The summed E-state index contributed by atoms with van der Waals surface area (Å²) in [6, 6.07) is 19.3. The Labute approximate surface area is 238 Å². The third-order valence-electron chi connectivity index (χ3n) is 6.62. The maximum absolute atomic E-state index is 12.3. The van der Waals surface area contributed by atoms with Gasteiger partial charge in [0.2, 0.25) is 6.41 Å². The number of nitrogens with one attached hydrogen (secondary N) is 1. The van der Waals surface area contributed by atoms with Crippen LogP contribution in [0.3, 0.4) is 0 Å². The fourth-order valence-electron chi connectivity index (χ4n) is 4.38. The molecule has 204 valence electrons. The molecule has 0 aromatic heterocycles. The van der Waals surface area contributed by atoms with Crippen molar-refractivity contribution in [1.29, 1.82) is 0 Å². The fourth-order valence-corrected chi connectivity index (χ4v) is 4.57. The number of nitrogens with zero attached hydrogens (tertiary/aromatic N) is 2. The molecule has 3 aromatic carbocycles. The Morgan fingerprint density at radius 1 is 1.10 bits per heavy atom. The number of carbonyl (C=O) groups excluding carboxylic acids is 1. The first kappa shape index (κ1) is 28.4. The number of rotatable bonds is 9. The SMILES string of the molecule is C/C(=N\Nc1cccc(-c2cccc(C(=O)O)c2)c1O)C1=C(N(C=O)c2ccc(C(C)C)cc2)C=C(Cl)C=CC1. The molecule has 8 heteroatoms. The number of para-hydroxylation sites is 1. The van der Waals surface area contributed by atoms with Crippen LogP contribution in [0.2, 0.25) is 0 Å². The lowest BCUT2D eigenvalue weighted by Gasteiger charge is -2.23. The number of hydrogen-bond acceptors (Lipinski definition) is 5. The average Bonchev–Trinajstić information content (AvgIpc) is 3.14.